The van der Waals surface area contributed by atoms with Crippen LogP contribution < -0.4 is 5.73 Å². The van der Waals surface area contributed by atoms with Crippen molar-refractivity contribution >= 4 is 27.4 Å². The SMILES string of the molecule is CC(C)c1c(N)noc1-c1cc(Br)cc([N+](=O)[O-])c1. The second-order valence-electron chi connectivity index (χ2n) is 4.42. The second-order valence-corrected chi connectivity index (χ2v) is 5.34. The molecule has 0 aliphatic rings. The average Bonchev–Trinajstić information content (AvgIpc) is 2.70. The highest BCUT2D eigenvalue weighted by Crippen LogP contribution is 2.36. The van der Waals surface area contributed by atoms with Crippen molar-refractivity contribution in [2.75, 3.05) is 5.73 Å². The number of benzene rings is 1. The number of aromatic nitrogens is 1. The summed E-state index contributed by atoms with van der Waals surface area (Å²) < 4.78 is 5.81. The maximum atomic E-state index is 10.9. The van der Waals surface area contributed by atoms with E-state index >= 15 is 0 Å². The van der Waals surface area contributed by atoms with Crippen molar-refractivity contribution in [2.45, 2.75) is 19.8 Å². The van der Waals surface area contributed by atoms with Crippen LogP contribution in [-0.2, 0) is 0 Å². The van der Waals surface area contributed by atoms with E-state index in [1.54, 1.807) is 6.07 Å². The molecule has 19 heavy (non-hydrogen) atoms. The Morgan fingerprint density at radius 2 is 2.11 bits per heavy atom. The van der Waals surface area contributed by atoms with E-state index in [9.17, 15) is 10.1 Å². The van der Waals surface area contributed by atoms with Crippen molar-refractivity contribution in [3.63, 3.8) is 0 Å². The van der Waals surface area contributed by atoms with E-state index in [0.717, 1.165) is 5.56 Å². The van der Waals surface area contributed by atoms with Gasteiger partial charge in [-0.15, -0.1) is 0 Å². The first-order valence-corrected chi connectivity index (χ1v) is 6.40. The summed E-state index contributed by atoms with van der Waals surface area (Å²) in [6, 6.07) is 4.60. The monoisotopic (exact) mass is 325 g/mol. The molecule has 0 radical (unpaired) electrons. The van der Waals surface area contributed by atoms with Crippen molar-refractivity contribution in [1.29, 1.82) is 0 Å². The molecule has 2 N–H and O–H groups in total. The summed E-state index contributed by atoms with van der Waals surface area (Å²) in [4.78, 5) is 10.4. The summed E-state index contributed by atoms with van der Waals surface area (Å²) in [5.41, 5.74) is 7.08. The molecule has 1 aromatic heterocycles. The fourth-order valence-electron chi connectivity index (χ4n) is 1.89. The molecule has 1 aromatic carbocycles. The first-order chi connectivity index (χ1) is 8.90. The number of nitrogen functional groups attached to an aromatic ring is 1. The number of anilines is 1. The number of halogens is 1. The summed E-state index contributed by atoms with van der Waals surface area (Å²) in [5, 5.41) is 14.6. The number of nitrogens with zero attached hydrogens (tertiary/aromatic N) is 2. The lowest BCUT2D eigenvalue weighted by atomic mass is 9.99. The Morgan fingerprint density at radius 1 is 1.42 bits per heavy atom. The Hall–Kier alpha value is -1.89. The van der Waals surface area contributed by atoms with E-state index in [1.807, 2.05) is 13.8 Å². The predicted molar refractivity (Wildman–Crippen MR) is 74.8 cm³/mol. The zero-order chi connectivity index (χ0) is 14.2. The number of hydrogen-bond donors (Lipinski definition) is 1. The Bertz CT molecular complexity index is 637. The van der Waals surface area contributed by atoms with E-state index in [2.05, 4.69) is 21.1 Å². The molecule has 1 heterocycles. The molecule has 0 fully saturated rings. The highest BCUT2D eigenvalue weighted by molar-refractivity contribution is 9.10. The van der Waals surface area contributed by atoms with Crippen LogP contribution in [0.5, 0.6) is 0 Å². The van der Waals surface area contributed by atoms with Crippen molar-refractivity contribution < 1.29 is 9.45 Å². The Balaban J connectivity index is 2.62. The van der Waals surface area contributed by atoms with E-state index in [-0.39, 0.29) is 11.6 Å². The highest BCUT2D eigenvalue weighted by Gasteiger charge is 2.21. The average molecular weight is 326 g/mol. The smallest absolute Gasteiger partial charge is 0.271 e. The third-order valence-electron chi connectivity index (χ3n) is 2.69. The van der Waals surface area contributed by atoms with Gasteiger partial charge in [0.25, 0.3) is 5.69 Å². The molecule has 2 aromatic rings. The lowest BCUT2D eigenvalue weighted by Gasteiger charge is -2.05. The minimum Gasteiger partial charge on any atom is -0.381 e. The number of non-ortho nitro benzene ring substituents is 1. The fourth-order valence-corrected chi connectivity index (χ4v) is 2.37. The molecule has 0 unspecified atom stereocenters. The lowest BCUT2D eigenvalue weighted by Crippen LogP contribution is -1.95. The van der Waals surface area contributed by atoms with E-state index in [4.69, 9.17) is 10.3 Å². The number of rotatable bonds is 3. The van der Waals surface area contributed by atoms with Crippen LogP contribution in [0, 0.1) is 10.1 Å². The van der Waals surface area contributed by atoms with Gasteiger partial charge in [0.2, 0.25) is 0 Å². The third kappa shape index (κ3) is 2.60. The van der Waals surface area contributed by atoms with Crippen LogP contribution in [0.2, 0.25) is 0 Å². The van der Waals surface area contributed by atoms with Crippen molar-refractivity contribution in [2.24, 2.45) is 0 Å². The molecular weight excluding hydrogens is 314 g/mol. The van der Waals surface area contributed by atoms with Gasteiger partial charge in [-0.2, -0.15) is 0 Å². The Kier molecular flexibility index (Phi) is 3.57. The molecule has 2 rings (SSSR count). The summed E-state index contributed by atoms with van der Waals surface area (Å²) in [6.07, 6.45) is 0. The number of hydrogen-bond acceptors (Lipinski definition) is 5. The van der Waals surface area contributed by atoms with Gasteiger partial charge in [0, 0.05) is 27.7 Å². The molecule has 0 saturated carbocycles. The summed E-state index contributed by atoms with van der Waals surface area (Å²) in [5.74, 6) is 0.892. The molecule has 0 spiro atoms. The lowest BCUT2D eigenvalue weighted by molar-refractivity contribution is -0.384. The summed E-state index contributed by atoms with van der Waals surface area (Å²) in [6.45, 7) is 3.91. The molecule has 0 atom stereocenters. The maximum absolute atomic E-state index is 10.9. The minimum atomic E-state index is -0.455. The van der Waals surface area contributed by atoms with Crippen molar-refractivity contribution in [3.05, 3.63) is 38.3 Å². The van der Waals surface area contributed by atoms with Crippen molar-refractivity contribution in [1.82, 2.24) is 5.16 Å². The molecule has 0 aliphatic heterocycles. The Morgan fingerprint density at radius 3 is 2.68 bits per heavy atom. The van der Waals surface area contributed by atoms with Gasteiger partial charge in [0.05, 0.1) is 4.92 Å². The van der Waals surface area contributed by atoms with Crippen LogP contribution in [-0.4, -0.2) is 10.1 Å². The molecule has 6 nitrogen and oxygen atoms in total. The summed E-state index contributed by atoms with van der Waals surface area (Å²) in [7, 11) is 0. The first-order valence-electron chi connectivity index (χ1n) is 5.60. The second kappa shape index (κ2) is 5.00. The molecule has 7 heteroatoms. The van der Waals surface area contributed by atoms with E-state index < -0.39 is 4.92 Å². The molecule has 0 bridgehead atoms. The van der Waals surface area contributed by atoms with Gasteiger partial charge >= 0.3 is 0 Å². The van der Waals surface area contributed by atoms with Gasteiger partial charge in [0.1, 0.15) is 0 Å². The molecule has 0 saturated heterocycles. The number of nitrogens with two attached hydrogens (primary N) is 1. The van der Waals surface area contributed by atoms with Gasteiger partial charge in [-0.05, 0) is 12.0 Å². The normalized spacial score (nSPS) is 10.9. The topological polar surface area (TPSA) is 95.2 Å². The van der Waals surface area contributed by atoms with Gasteiger partial charge < -0.3 is 10.3 Å². The molecule has 0 aliphatic carbocycles. The summed E-state index contributed by atoms with van der Waals surface area (Å²) >= 11 is 3.25. The van der Waals surface area contributed by atoms with Crippen LogP contribution in [0.25, 0.3) is 11.3 Å². The number of nitro groups is 1. The predicted octanol–water partition coefficient (Wildman–Crippen LogP) is 3.72. The zero-order valence-corrected chi connectivity index (χ0v) is 12.0. The van der Waals surface area contributed by atoms with Crippen LogP contribution in [0.15, 0.2) is 27.2 Å². The zero-order valence-electron chi connectivity index (χ0n) is 10.4. The fraction of sp³-hybridized carbons (Fsp3) is 0.250. The molecule has 100 valence electrons. The van der Waals surface area contributed by atoms with Gasteiger partial charge in [-0.1, -0.05) is 34.9 Å². The van der Waals surface area contributed by atoms with Crippen LogP contribution in [0.3, 0.4) is 0 Å². The highest BCUT2D eigenvalue weighted by atomic mass is 79.9. The van der Waals surface area contributed by atoms with Crippen LogP contribution in [0.4, 0.5) is 11.5 Å². The standard InChI is InChI=1S/C12H12BrN3O3/c1-6(2)10-11(19-15-12(10)14)7-3-8(13)5-9(4-7)16(17)18/h3-6H,1-2H3,(H2,14,15). The third-order valence-corrected chi connectivity index (χ3v) is 3.15. The Labute approximate surface area is 117 Å². The van der Waals surface area contributed by atoms with Crippen molar-refractivity contribution in [3.8, 4) is 11.3 Å². The van der Waals surface area contributed by atoms with E-state index in [0.29, 0.717) is 21.6 Å². The minimum absolute atomic E-state index is 0.0194. The number of nitro benzene ring substituents is 1. The van der Waals surface area contributed by atoms with Gasteiger partial charge in [0.15, 0.2) is 11.6 Å². The van der Waals surface area contributed by atoms with Gasteiger partial charge in [-0.25, -0.2) is 0 Å². The molecule has 0 amide bonds. The van der Waals surface area contributed by atoms with Crippen LogP contribution in [0.1, 0.15) is 25.3 Å². The van der Waals surface area contributed by atoms with Crippen LogP contribution >= 0.6 is 15.9 Å². The largest absolute Gasteiger partial charge is 0.381 e. The first kappa shape index (κ1) is 13.5. The molecular formula is C12H12BrN3O3. The van der Waals surface area contributed by atoms with E-state index in [1.165, 1.54) is 12.1 Å². The maximum Gasteiger partial charge on any atom is 0.271 e. The quantitative estimate of drug-likeness (QED) is 0.685. The van der Waals surface area contributed by atoms with Gasteiger partial charge in [-0.3, -0.25) is 10.1 Å².